The predicted octanol–water partition coefficient (Wildman–Crippen LogP) is 2.79. The number of carbonyl (C=O) groups is 1. The number of fused-ring (bicyclic) bond motifs is 1. The molecule has 0 fully saturated rings. The van der Waals surface area contributed by atoms with Crippen LogP contribution in [0.2, 0.25) is 0 Å². The zero-order valence-electron chi connectivity index (χ0n) is 15.0. The molecule has 0 spiro atoms. The molecule has 0 bridgehead atoms. The van der Waals surface area contributed by atoms with E-state index in [0.29, 0.717) is 18.7 Å². The number of aromatic nitrogens is 4. The lowest BCUT2D eigenvalue weighted by Crippen LogP contribution is -2.40. The number of amides is 1. The number of hydrogen-bond acceptors (Lipinski definition) is 4. The van der Waals surface area contributed by atoms with E-state index >= 15 is 0 Å². The number of aryl methyl sites for hydroxylation is 1. The maximum atomic E-state index is 12.8. The van der Waals surface area contributed by atoms with Crippen molar-refractivity contribution < 1.29 is 4.79 Å². The van der Waals surface area contributed by atoms with Crippen LogP contribution in [-0.2, 0) is 13.0 Å². The molecule has 0 saturated heterocycles. The molecule has 0 saturated carbocycles. The number of carbonyl (C=O) groups excluding carboxylic acids is 1. The van der Waals surface area contributed by atoms with Gasteiger partial charge >= 0.3 is 0 Å². The summed E-state index contributed by atoms with van der Waals surface area (Å²) in [4.78, 5) is 18.8. The molecule has 6 heteroatoms. The topological polar surface area (TPSA) is 63.9 Å². The summed E-state index contributed by atoms with van der Waals surface area (Å²) < 4.78 is 2.17. The van der Waals surface area contributed by atoms with Gasteiger partial charge in [0.2, 0.25) is 0 Å². The van der Waals surface area contributed by atoms with Gasteiger partial charge in [0.05, 0.1) is 18.2 Å². The average molecular weight is 347 g/mol. The molecule has 1 aliphatic heterocycles. The first-order valence-electron chi connectivity index (χ1n) is 8.79. The molecule has 1 atom stereocenters. The minimum Gasteiger partial charge on any atom is -0.329 e. The van der Waals surface area contributed by atoms with Crippen LogP contribution in [0.1, 0.15) is 46.1 Å². The van der Waals surface area contributed by atoms with E-state index in [1.165, 1.54) is 5.56 Å². The molecule has 0 aliphatic carbocycles. The van der Waals surface area contributed by atoms with Gasteiger partial charge in [0.15, 0.2) is 5.82 Å². The molecule has 0 unspecified atom stereocenters. The van der Waals surface area contributed by atoms with Crippen molar-refractivity contribution in [2.24, 2.45) is 0 Å². The van der Waals surface area contributed by atoms with E-state index < -0.39 is 0 Å². The van der Waals surface area contributed by atoms with Gasteiger partial charge in [-0.2, -0.15) is 0 Å². The van der Waals surface area contributed by atoms with Crippen LogP contribution in [-0.4, -0.2) is 37.1 Å². The summed E-state index contributed by atoms with van der Waals surface area (Å²) in [6, 6.07) is 12.3. The van der Waals surface area contributed by atoms with Crippen LogP contribution < -0.4 is 0 Å². The van der Waals surface area contributed by atoms with Crippen LogP contribution in [0, 0.1) is 6.92 Å². The van der Waals surface area contributed by atoms with Gasteiger partial charge in [0.1, 0.15) is 5.82 Å². The van der Waals surface area contributed by atoms with E-state index in [1.54, 1.807) is 12.4 Å². The smallest absolute Gasteiger partial charge is 0.255 e. The number of hydrogen-bond donors (Lipinski definition) is 0. The fourth-order valence-electron chi connectivity index (χ4n) is 3.52. The lowest BCUT2D eigenvalue weighted by molar-refractivity contribution is 0.0679. The van der Waals surface area contributed by atoms with Gasteiger partial charge in [-0.3, -0.25) is 9.78 Å². The first-order chi connectivity index (χ1) is 12.6. The van der Waals surface area contributed by atoms with Gasteiger partial charge < -0.3 is 9.47 Å². The largest absolute Gasteiger partial charge is 0.329 e. The van der Waals surface area contributed by atoms with Crippen molar-refractivity contribution in [2.45, 2.75) is 32.9 Å². The molecule has 0 N–H and O–H groups in total. The molecule has 3 aromatic rings. The second-order valence-corrected chi connectivity index (χ2v) is 6.85. The monoisotopic (exact) mass is 347 g/mol. The highest BCUT2D eigenvalue weighted by Gasteiger charge is 2.29. The first kappa shape index (κ1) is 16.4. The number of nitrogens with zero attached hydrogens (tertiary/aromatic N) is 5. The van der Waals surface area contributed by atoms with Gasteiger partial charge in [-0.25, -0.2) is 0 Å². The molecule has 1 aliphatic rings. The Hall–Kier alpha value is -3.02. The summed E-state index contributed by atoms with van der Waals surface area (Å²) in [5, 5.41) is 8.74. The molecule has 0 radical (unpaired) electrons. The highest BCUT2D eigenvalue weighted by molar-refractivity contribution is 5.94. The first-order valence-corrected chi connectivity index (χ1v) is 8.79. The van der Waals surface area contributed by atoms with E-state index in [-0.39, 0.29) is 11.9 Å². The molecule has 132 valence electrons. The minimum absolute atomic E-state index is 0.00749. The van der Waals surface area contributed by atoms with Crippen molar-refractivity contribution in [3.63, 3.8) is 0 Å². The van der Waals surface area contributed by atoms with Crippen molar-refractivity contribution in [3.8, 4) is 0 Å². The van der Waals surface area contributed by atoms with E-state index in [9.17, 15) is 4.79 Å². The van der Waals surface area contributed by atoms with Crippen molar-refractivity contribution in [2.75, 3.05) is 6.54 Å². The summed E-state index contributed by atoms with van der Waals surface area (Å²) in [5.74, 6) is 1.78. The molecule has 1 amide bonds. The third kappa shape index (κ3) is 3.10. The zero-order valence-corrected chi connectivity index (χ0v) is 15.0. The Labute approximate surface area is 152 Å². The second-order valence-electron chi connectivity index (χ2n) is 6.85. The van der Waals surface area contributed by atoms with E-state index in [0.717, 1.165) is 23.6 Å². The second kappa shape index (κ2) is 6.71. The minimum atomic E-state index is -0.00749. The standard InChI is InChI=1S/C20H21N5O/c1-14-8-17(11-21-10-14)20(26)24-12-15(2)25-18(22-23-19(25)13-24)9-16-6-4-3-5-7-16/h3-8,10-11,15H,9,12-13H2,1-2H3/t15-/m0/s1. The van der Waals surface area contributed by atoms with E-state index in [2.05, 4.69) is 38.8 Å². The SMILES string of the molecule is Cc1cncc(C(=O)N2Cc3nnc(Cc4ccccc4)n3[C@@H](C)C2)c1. The summed E-state index contributed by atoms with van der Waals surface area (Å²) in [7, 11) is 0. The predicted molar refractivity (Wildman–Crippen MR) is 97.7 cm³/mol. The third-order valence-corrected chi connectivity index (χ3v) is 4.71. The fraction of sp³-hybridized carbons (Fsp3) is 0.300. The third-order valence-electron chi connectivity index (χ3n) is 4.71. The van der Waals surface area contributed by atoms with Crippen LogP contribution in [0.25, 0.3) is 0 Å². The van der Waals surface area contributed by atoms with Crippen LogP contribution in [0.5, 0.6) is 0 Å². The molecule has 26 heavy (non-hydrogen) atoms. The Kier molecular flexibility index (Phi) is 4.24. The van der Waals surface area contributed by atoms with E-state index in [4.69, 9.17) is 0 Å². The maximum Gasteiger partial charge on any atom is 0.255 e. The van der Waals surface area contributed by atoms with Crippen molar-refractivity contribution in [1.82, 2.24) is 24.6 Å². The number of pyridine rings is 1. The summed E-state index contributed by atoms with van der Waals surface area (Å²) in [6.45, 7) is 5.16. The Bertz CT molecular complexity index is 934. The quantitative estimate of drug-likeness (QED) is 0.731. The zero-order chi connectivity index (χ0) is 18.1. The molecular formula is C20H21N5O. The van der Waals surface area contributed by atoms with Gasteiger partial charge in [-0.15, -0.1) is 10.2 Å². The Morgan fingerprint density at radius 3 is 2.77 bits per heavy atom. The lowest BCUT2D eigenvalue weighted by atomic mass is 10.1. The fourth-order valence-corrected chi connectivity index (χ4v) is 3.52. The van der Waals surface area contributed by atoms with Gasteiger partial charge in [0.25, 0.3) is 5.91 Å². The van der Waals surface area contributed by atoms with Crippen LogP contribution in [0.3, 0.4) is 0 Å². The molecule has 1 aromatic carbocycles. The highest BCUT2D eigenvalue weighted by atomic mass is 16.2. The molecular weight excluding hydrogens is 326 g/mol. The van der Waals surface area contributed by atoms with Crippen LogP contribution in [0.15, 0.2) is 48.8 Å². The molecule has 3 heterocycles. The van der Waals surface area contributed by atoms with Gasteiger partial charge in [-0.05, 0) is 31.0 Å². The molecule has 6 nitrogen and oxygen atoms in total. The maximum absolute atomic E-state index is 12.8. The van der Waals surface area contributed by atoms with Gasteiger partial charge in [0, 0.05) is 25.4 Å². The average Bonchev–Trinajstić information content (AvgIpc) is 3.05. The van der Waals surface area contributed by atoms with Crippen molar-refractivity contribution in [1.29, 1.82) is 0 Å². The van der Waals surface area contributed by atoms with Gasteiger partial charge in [-0.1, -0.05) is 30.3 Å². The van der Waals surface area contributed by atoms with Crippen LogP contribution in [0.4, 0.5) is 0 Å². The Balaban J connectivity index is 1.57. The Morgan fingerprint density at radius 2 is 2.00 bits per heavy atom. The molecule has 2 aromatic heterocycles. The lowest BCUT2D eigenvalue weighted by Gasteiger charge is -2.32. The van der Waals surface area contributed by atoms with Crippen molar-refractivity contribution >= 4 is 5.91 Å². The summed E-state index contributed by atoms with van der Waals surface area (Å²) >= 11 is 0. The number of benzene rings is 1. The van der Waals surface area contributed by atoms with E-state index in [1.807, 2.05) is 36.1 Å². The summed E-state index contributed by atoms with van der Waals surface area (Å²) in [6.07, 6.45) is 4.12. The highest BCUT2D eigenvalue weighted by Crippen LogP contribution is 2.24. The molecule has 4 rings (SSSR count). The normalized spacial score (nSPS) is 16.4. The van der Waals surface area contributed by atoms with Crippen molar-refractivity contribution in [3.05, 3.63) is 77.1 Å². The Morgan fingerprint density at radius 1 is 1.19 bits per heavy atom. The van der Waals surface area contributed by atoms with Crippen LogP contribution >= 0.6 is 0 Å². The summed E-state index contributed by atoms with van der Waals surface area (Å²) in [5.41, 5.74) is 2.81. The number of rotatable bonds is 3.